The summed E-state index contributed by atoms with van der Waals surface area (Å²) in [6.07, 6.45) is 1.52. The molecule has 13 heteroatoms. The van der Waals surface area contributed by atoms with Gasteiger partial charge in [-0.15, -0.1) is 0 Å². The van der Waals surface area contributed by atoms with Crippen molar-refractivity contribution < 1.29 is 32.6 Å². The fraction of sp³-hybridized carbons (Fsp3) is 0.577. The minimum Gasteiger partial charge on any atom is -0.480 e. The van der Waals surface area contributed by atoms with Crippen LogP contribution in [0.2, 0.25) is 0 Å². The van der Waals surface area contributed by atoms with Crippen LogP contribution >= 0.6 is 0 Å². The van der Waals surface area contributed by atoms with E-state index in [9.17, 15) is 27.9 Å². The predicted molar refractivity (Wildman–Crippen MR) is 137 cm³/mol. The van der Waals surface area contributed by atoms with E-state index in [-0.39, 0.29) is 6.42 Å². The summed E-state index contributed by atoms with van der Waals surface area (Å²) in [5.74, 6) is -1.63. The first-order valence-electron chi connectivity index (χ1n) is 13.1. The molecule has 0 saturated heterocycles. The van der Waals surface area contributed by atoms with Crippen LogP contribution in [0.15, 0.2) is 24.5 Å². The van der Waals surface area contributed by atoms with Gasteiger partial charge >= 0.3 is 12.1 Å². The number of nitrogens with zero attached hydrogens (tertiary/aromatic N) is 4. The average Bonchev–Trinajstić information content (AvgIpc) is 2.92. The summed E-state index contributed by atoms with van der Waals surface area (Å²) in [6.45, 7) is 5.32. The van der Waals surface area contributed by atoms with Gasteiger partial charge in [0.25, 0.3) is 5.91 Å². The molecule has 0 fully saturated rings. The summed E-state index contributed by atoms with van der Waals surface area (Å²) in [5.41, 5.74) is -0.175. The Morgan fingerprint density at radius 1 is 1.18 bits per heavy atom. The largest absolute Gasteiger partial charge is 0.480 e. The molecular formula is C26H35F3N6O4. The van der Waals surface area contributed by atoms with E-state index in [1.54, 1.807) is 0 Å². The van der Waals surface area contributed by atoms with Gasteiger partial charge in [0.15, 0.2) is 11.4 Å². The number of pyridine rings is 1. The normalized spacial score (nSPS) is 14.0. The lowest BCUT2D eigenvalue weighted by molar-refractivity contribution is -0.141. The van der Waals surface area contributed by atoms with E-state index in [4.69, 9.17) is 9.72 Å². The number of alkyl halides is 3. The minimum absolute atomic E-state index is 0.00708. The summed E-state index contributed by atoms with van der Waals surface area (Å²) < 4.78 is 45.1. The number of carbonyl (C=O) groups excluding carboxylic acids is 1. The molecule has 0 unspecified atom stereocenters. The second kappa shape index (κ2) is 14.7. The lowest BCUT2D eigenvalue weighted by Gasteiger charge is -2.24. The Morgan fingerprint density at radius 2 is 1.97 bits per heavy atom. The van der Waals surface area contributed by atoms with Gasteiger partial charge in [0.05, 0.1) is 6.61 Å². The zero-order chi connectivity index (χ0) is 28.3. The van der Waals surface area contributed by atoms with Gasteiger partial charge in [-0.25, -0.2) is 19.7 Å². The number of amides is 1. The molecule has 1 aliphatic rings. The molecule has 0 spiro atoms. The van der Waals surface area contributed by atoms with Crippen molar-refractivity contribution in [1.29, 1.82) is 0 Å². The number of halogens is 3. The molecule has 0 bridgehead atoms. The lowest BCUT2D eigenvalue weighted by Crippen LogP contribution is -2.44. The van der Waals surface area contributed by atoms with Gasteiger partial charge in [-0.1, -0.05) is 6.07 Å². The van der Waals surface area contributed by atoms with E-state index in [0.29, 0.717) is 32.8 Å². The maximum atomic E-state index is 13.2. The molecule has 10 nitrogen and oxygen atoms in total. The molecule has 1 amide bonds. The van der Waals surface area contributed by atoms with Crippen molar-refractivity contribution in [2.75, 3.05) is 44.7 Å². The van der Waals surface area contributed by atoms with Crippen molar-refractivity contribution in [3.8, 4) is 0 Å². The van der Waals surface area contributed by atoms with Crippen LogP contribution in [0, 0.1) is 0 Å². The molecule has 3 heterocycles. The third-order valence-corrected chi connectivity index (χ3v) is 6.38. The van der Waals surface area contributed by atoms with Gasteiger partial charge in [0, 0.05) is 44.3 Å². The molecule has 3 rings (SSSR count). The van der Waals surface area contributed by atoms with Crippen LogP contribution in [0.3, 0.4) is 0 Å². The highest BCUT2D eigenvalue weighted by Crippen LogP contribution is 2.29. The maximum Gasteiger partial charge on any atom is 0.435 e. The van der Waals surface area contributed by atoms with E-state index in [1.807, 2.05) is 11.8 Å². The van der Waals surface area contributed by atoms with Crippen molar-refractivity contribution in [2.45, 2.75) is 57.7 Å². The first-order chi connectivity index (χ1) is 18.7. The van der Waals surface area contributed by atoms with Gasteiger partial charge in [-0.2, -0.15) is 13.2 Å². The summed E-state index contributed by atoms with van der Waals surface area (Å²) in [6, 6.07) is 2.78. The third kappa shape index (κ3) is 9.43. The number of carbonyl (C=O) groups is 2. The number of nitrogens with one attached hydrogen (secondary N) is 2. The Hall–Kier alpha value is -3.32. The monoisotopic (exact) mass is 552 g/mol. The highest BCUT2D eigenvalue weighted by molar-refractivity contribution is 5.95. The number of hydrogen-bond donors (Lipinski definition) is 3. The number of hydrogen-bond acceptors (Lipinski definition) is 8. The Morgan fingerprint density at radius 3 is 2.72 bits per heavy atom. The van der Waals surface area contributed by atoms with Crippen molar-refractivity contribution in [1.82, 2.24) is 25.2 Å². The Bertz CT molecular complexity index is 1100. The van der Waals surface area contributed by atoms with Crippen LogP contribution in [-0.2, 0) is 28.5 Å². The topological polar surface area (TPSA) is 130 Å². The van der Waals surface area contributed by atoms with E-state index >= 15 is 0 Å². The van der Waals surface area contributed by atoms with Gasteiger partial charge in [0.1, 0.15) is 11.9 Å². The first-order valence-corrected chi connectivity index (χ1v) is 13.1. The fourth-order valence-electron chi connectivity index (χ4n) is 4.33. The first kappa shape index (κ1) is 30.2. The second-order valence-electron chi connectivity index (χ2n) is 9.24. The Balaban J connectivity index is 1.54. The molecule has 2 aromatic rings. The lowest BCUT2D eigenvalue weighted by atomic mass is 10.1. The van der Waals surface area contributed by atoms with Gasteiger partial charge < -0.3 is 25.4 Å². The van der Waals surface area contributed by atoms with E-state index in [0.717, 1.165) is 62.6 Å². The predicted octanol–water partition coefficient (Wildman–Crippen LogP) is 3.18. The average molecular weight is 553 g/mol. The van der Waals surface area contributed by atoms with Crippen LogP contribution in [-0.4, -0.2) is 82.3 Å². The van der Waals surface area contributed by atoms with Gasteiger partial charge in [0.2, 0.25) is 0 Å². The van der Waals surface area contributed by atoms with Crippen molar-refractivity contribution >= 4 is 17.7 Å². The number of anilines is 1. The molecule has 0 aliphatic carbocycles. The highest BCUT2D eigenvalue weighted by atomic mass is 19.4. The number of aliphatic carboxylic acids is 1. The molecule has 0 saturated carbocycles. The molecular weight excluding hydrogens is 517 g/mol. The van der Waals surface area contributed by atoms with Crippen LogP contribution in [0.25, 0.3) is 0 Å². The number of carboxylic acids is 1. The highest BCUT2D eigenvalue weighted by Gasteiger charge is 2.38. The van der Waals surface area contributed by atoms with Gasteiger partial charge in [-0.3, -0.25) is 4.79 Å². The number of rotatable bonds is 15. The summed E-state index contributed by atoms with van der Waals surface area (Å²) in [4.78, 5) is 37.7. The molecule has 2 aromatic heterocycles. The van der Waals surface area contributed by atoms with E-state index in [2.05, 4.69) is 32.7 Å². The fourth-order valence-corrected chi connectivity index (χ4v) is 4.33. The smallest absolute Gasteiger partial charge is 0.435 e. The van der Waals surface area contributed by atoms with Crippen molar-refractivity contribution in [3.63, 3.8) is 0 Å². The van der Waals surface area contributed by atoms with Gasteiger partial charge in [-0.05, 0) is 63.6 Å². The molecule has 1 atom stereocenters. The molecule has 0 radical (unpaired) electrons. The zero-order valence-corrected chi connectivity index (χ0v) is 22.0. The Labute approximate surface area is 225 Å². The number of fused-ring (bicyclic) bond motifs is 1. The minimum atomic E-state index is -4.90. The Kier molecular flexibility index (Phi) is 11.4. The number of aromatic nitrogens is 3. The van der Waals surface area contributed by atoms with Crippen LogP contribution in [0.5, 0.6) is 0 Å². The number of unbranched alkanes of at least 4 members (excludes halogenated alkanes) is 1. The number of carboxylic acid groups (broad SMARTS) is 1. The number of ether oxygens (including phenoxy) is 1. The van der Waals surface area contributed by atoms with Crippen LogP contribution in [0.1, 0.15) is 60.0 Å². The molecule has 0 aromatic carbocycles. The quantitative estimate of drug-likeness (QED) is 0.285. The molecule has 39 heavy (non-hydrogen) atoms. The number of aryl methyl sites for hydroxylation is 2. The SMILES string of the molecule is CCOCCN(CCCCc1ccc2c(n1)NCCC2)CC[C@H](NC(=O)c1nccnc1C(F)(F)F)C(=O)O. The standard InChI is InChI=1S/C26H35F3N6O4/c1-2-39-17-16-35(14-4-3-7-19-9-8-18-6-5-11-32-23(18)33-19)15-10-20(25(37)38)34-24(36)21-22(26(27,28)29)31-13-12-30-21/h8-9,12-13,20H,2-7,10-11,14-17H2,1H3,(H,32,33)(H,34,36)(H,37,38)/t20-/m0/s1. The molecule has 1 aliphatic heterocycles. The van der Waals surface area contributed by atoms with E-state index < -0.39 is 35.5 Å². The second-order valence-corrected chi connectivity index (χ2v) is 9.24. The van der Waals surface area contributed by atoms with Crippen molar-refractivity contribution in [3.05, 3.63) is 47.2 Å². The summed E-state index contributed by atoms with van der Waals surface area (Å²) >= 11 is 0. The van der Waals surface area contributed by atoms with Crippen LogP contribution < -0.4 is 10.6 Å². The van der Waals surface area contributed by atoms with Crippen molar-refractivity contribution in [2.24, 2.45) is 0 Å². The third-order valence-electron chi connectivity index (χ3n) is 6.38. The zero-order valence-electron chi connectivity index (χ0n) is 22.0. The van der Waals surface area contributed by atoms with Crippen LogP contribution in [0.4, 0.5) is 19.0 Å². The molecule has 3 N–H and O–H groups in total. The van der Waals surface area contributed by atoms with E-state index in [1.165, 1.54) is 5.56 Å². The maximum absolute atomic E-state index is 13.2. The summed E-state index contributed by atoms with van der Waals surface area (Å²) in [7, 11) is 0. The summed E-state index contributed by atoms with van der Waals surface area (Å²) in [5, 5.41) is 15.1. The molecule has 214 valence electrons.